The van der Waals surface area contributed by atoms with Crippen LogP contribution in [0.4, 0.5) is 5.69 Å². The van der Waals surface area contributed by atoms with Crippen LogP contribution in [0.25, 0.3) is 10.9 Å². The van der Waals surface area contributed by atoms with Crippen LogP contribution in [0.5, 0.6) is 5.75 Å². The van der Waals surface area contributed by atoms with E-state index in [1.807, 2.05) is 6.92 Å². The van der Waals surface area contributed by atoms with Crippen molar-refractivity contribution in [2.24, 2.45) is 0 Å². The highest BCUT2D eigenvalue weighted by Gasteiger charge is 2.20. The van der Waals surface area contributed by atoms with Crippen molar-refractivity contribution >= 4 is 16.6 Å². The highest BCUT2D eigenvalue weighted by Crippen LogP contribution is 2.37. The van der Waals surface area contributed by atoms with Gasteiger partial charge < -0.3 is 15.0 Å². The van der Waals surface area contributed by atoms with Crippen LogP contribution >= 0.6 is 0 Å². The van der Waals surface area contributed by atoms with Gasteiger partial charge in [-0.2, -0.15) is 0 Å². The first-order valence-electron chi connectivity index (χ1n) is 7.71. The number of hydrogen-bond acceptors (Lipinski definition) is 3. The van der Waals surface area contributed by atoms with Gasteiger partial charge in [-0.15, -0.1) is 0 Å². The van der Waals surface area contributed by atoms with Crippen LogP contribution in [0.3, 0.4) is 0 Å². The van der Waals surface area contributed by atoms with Crippen LogP contribution in [0, 0.1) is 0 Å². The Morgan fingerprint density at radius 1 is 1.33 bits per heavy atom. The second kappa shape index (κ2) is 5.43. The maximum Gasteiger partial charge on any atom is 0.253 e. The second-order valence-corrected chi connectivity index (χ2v) is 5.87. The van der Waals surface area contributed by atoms with Crippen molar-refractivity contribution in [1.82, 2.24) is 4.98 Å². The lowest BCUT2D eigenvalue weighted by molar-refractivity contribution is 0.344. The summed E-state index contributed by atoms with van der Waals surface area (Å²) in [4.78, 5) is 15.3. The molecule has 1 aromatic carbocycles. The van der Waals surface area contributed by atoms with Crippen LogP contribution in [0.1, 0.15) is 44.2 Å². The lowest BCUT2D eigenvalue weighted by Crippen LogP contribution is -2.22. The second-order valence-electron chi connectivity index (χ2n) is 5.87. The number of fused-ring (bicyclic) bond motifs is 3. The fraction of sp³-hybridized carbons (Fsp3) is 0.471. The van der Waals surface area contributed by atoms with E-state index in [0.717, 1.165) is 47.3 Å². The quantitative estimate of drug-likeness (QED) is 0.909. The number of benzene rings is 1. The third-order valence-electron chi connectivity index (χ3n) is 4.07. The van der Waals surface area contributed by atoms with Gasteiger partial charge >= 0.3 is 0 Å². The molecule has 2 heterocycles. The van der Waals surface area contributed by atoms with Gasteiger partial charge in [-0.05, 0) is 43.4 Å². The summed E-state index contributed by atoms with van der Waals surface area (Å²) in [6.07, 6.45) is 1.82. The van der Waals surface area contributed by atoms with Gasteiger partial charge in [0.05, 0.1) is 23.2 Å². The van der Waals surface area contributed by atoms with E-state index >= 15 is 0 Å². The van der Waals surface area contributed by atoms with E-state index in [1.54, 1.807) is 0 Å². The highest BCUT2D eigenvalue weighted by molar-refractivity contribution is 5.98. The van der Waals surface area contributed by atoms with Crippen molar-refractivity contribution in [3.8, 4) is 5.75 Å². The third kappa shape index (κ3) is 2.39. The van der Waals surface area contributed by atoms with E-state index in [2.05, 4.69) is 36.3 Å². The molecule has 4 heteroatoms. The van der Waals surface area contributed by atoms with E-state index in [0.29, 0.717) is 12.5 Å². The SMILES string of the molecule is CCOc1cc(C(C)C)cc2[nH]c(=O)c3c(c12)NCCC3. The Kier molecular flexibility index (Phi) is 3.62. The van der Waals surface area contributed by atoms with Gasteiger partial charge in [0.1, 0.15) is 5.75 Å². The molecule has 2 N–H and O–H groups in total. The van der Waals surface area contributed by atoms with Gasteiger partial charge in [0.25, 0.3) is 5.56 Å². The first kappa shape index (κ1) is 14.0. The Labute approximate surface area is 124 Å². The van der Waals surface area contributed by atoms with Crippen molar-refractivity contribution in [3.63, 3.8) is 0 Å². The molecule has 1 aromatic heterocycles. The number of pyridine rings is 1. The minimum absolute atomic E-state index is 0.0213. The lowest BCUT2D eigenvalue weighted by Gasteiger charge is -2.22. The van der Waals surface area contributed by atoms with Crippen molar-refractivity contribution in [3.05, 3.63) is 33.6 Å². The lowest BCUT2D eigenvalue weighted by atomic mass is 9.96. The molecule has 0 bridgehead atoms. The van der Waals surface area contributed by atoms with Gasteiger partial charge in [-0.3, -0.25) is 4.79 Å². The number of anilines is 1. The summed E-state index contributed by atoms with van der Waals surface area (Å²) < 4.78 is 5.85. The maximum absolute atomic E-state index is 12.3. The average molecular weight is 286 g/mol. The minimum Gasteiger partial charge on any atom is -0.493 e. The van der Waals surface area contributed by atoms with E-state index in [9.17, 15) is 4.79 Å². The number of hydrogen-bond donors (Lipinski definition) is 2. The number of H-pyrrole nitrogens is 1. The normalized spacial score (nSPS) is 14.1. The largest absolute Gasteiger partial charge is 0.493 e. The molecule has 0 saturated heterocycles. The summed E-state index contributed by atoms with van der Waals surface area (Å²) in [6.45, 7) is 7.80. The summed E-state index contributed by atoms with van der Waals surface area (Å²) in [5, 5.41) is 4.40. The Balaban J connectivity index is 2.35. The van der Waals surface area contributed by atoms with Gasteiger partial charge in [-0.1, -0.05) is 13.8 Å². The molecular formula is C17H22N2O2. The molecule has 0 unspecified atom stereocenters. The number of ether oxygens (including phenoxy) is 1. The zero-order valence-electron chi connectivity index (χ0n) is 12.9. The smallest absolute Gasteiger partial charge is 0.253 e. The number of aromatic nitrogens is 1. The van der Waals surface area contributed by atoms with E-state index < -0.39 is 0 Å². The molecule has 1 aliphatic rings. The van der Waals surface area contributed by atoms with Crippen LogP contribution in [-0.4, -0.2) is 18.1 Å². The van der Waals surface area contributed by atoms with Gasteiger partial charge in [0.15, 0.2) is 0 Å². The maximum atomic E-state index is 12.3. The molecule has 0 amide bonds. The molecule has 4 nitrogen and oxygen atoms in total. The van der Waals surface area contributed by atoms with E-state index in [1.165, 1.54) is 5.56 Å². The molecule has 0 aliphatic carbocycles. The Hall–Kier alpha value is -1.97. The van der Waals surface area contributed by atoms with Crippen molar-refractivity contribution in [1.29, 1.82) is 0 Å². The van der Waals surface area contributed by atoms with Crippen LogP contribution < -0.4 is 15.6 Å². The molecule has 3 rings (SSSR count). The molecule has 21 heavy (non-hydrogen) atoms. The van der Waals surface area contributed by atoms with Gasteiger partial charge in [-0.25, -0.2) is 0 Å². The fourth-order valence-electron chi connectivity index (χ4n) is 2.97. The predicted octanol–water partition coefficient (Wildman–Crippen LogP) is 3.41. The monoisotopic (exact) mass is 286 g/mol. The van der Waals surface area contributed by atoms with Crippen molar-refractivity contribution in [2.45, 2.75) is 39.5 Å². The minimum atomic E-state index is 0.0213. The predicted molar refractivity (Wildman–Crippen MR) is 86.6 cm³/mol. The number of aromatic amines is 1. The van der Waals surface area contributed by atoms with Crippen LogP contribution in [0.2, 0.25) is 0 Å². The van der Waals surface area contributed by atoms with E-state index in [4.69, 9.17) is 4.74 Å². The van der Waals surface area contributed by atoms with Crippen LogP contribution in [0.15, 0.2) is 16.9 Å². The molecule has 0 spiro atoms. The summed E-state index contributed by atoms with van der Waals surface area (Å²) in [5.74, 6) is 1.25. The molecule has 0 saturated carbocycles. The number of nitrogens with one attached hydrogen (secondary N) is 2. The number of rotatable bonds is 3. The zero-order valence-corrected chi connectivity index (χ0v) is 12.9. The first-order valence-corrected chi connectivity index (χ1v) is 7.71. The molecule has 112 valence electrons. The van der Waals surface area contributed by atoms with Gasteiger partial charge in [0, 0.05) is 12.1 Å². The summed E-state index contributed by atoms with van der Waals surface area (Å²) in [5.41, 5.74) is 3.87. The Morgan fingerprint density at radius 3 is 2.86 bits per heavy atom. The fourth-order valence-corrected chi connectivity index (χ4v) is 2.97. The molecule has 2 aromatic rings. The molecular weight excluding hydrogens is 264 g/mol. The highest BCUT2D eigenvalue weighted by atomic mass is 16.5. The summed E-state index contributed by atoms with van der Waals surface area (Å²) >= 11 is 0. The van der Waals surface area contributed by atoms with Gasteiger partial charge in [0.2, 0.25) is 0 Å². The standard InChI is InChI=1S/C17H22N2O2/c1-4-21-14-9-11(10(2)3)8-13-15(14)16-12(17(20)19-13)6-5-7-18-16/h8-10,18H,4-7H2,1-3H3,(H,19,20). The molecule has 0 radical (unpaired) electrons. The van der Waals surface area contributed by atoms with E-state index in [-0.39, 0.29) is 5.56 Å². The zero-order chi connectivity index (χ0) is 15.0. The first-order chi connectivity index (χ1) is 10.1. The molecule has 0 atom stereocenters. The van der Waals surface area contributed by atoms with Crippen molar-refractivity contribution in [2.75, 3.05) is 18.5 Å². The molecule has 1 aliphatic heterocycles. The van der Waals surface area contributed by atoms with Crippen LogP contribution in [-0.2, 0) is 6.42 Å². The average Bonchev–Trinajstić information content (AvgIpc) is 2.47. The Morgan fingerprint density at radius 2 is 2.14 bits per heavy atom. The van der Waals surface area contributed by atoms with Crippen molar-refractivity contribution < 1.29 is 4.74 Å². The topological polar surface area (TPSA) is 54.1 Å². The summed E-state index contributed by atoms with van der Waals surface area (Å²) in [6, 6.07) is 4.17. The summed E-state index contributed by atoms with van der Waals surface area (Å²) in [7, 11) is 0. The molecule has 0 fully saturated rings. The Bertz CT molecular complexity index is 732. The third-order valence-corrected chi connectivity index (χ3v) is 4.07.